The minimum absolute atomic E-state index is 0.0644. The lowest BCUT2D eigenvalue weighted by Gasteiger charge is -2.14. The van der Waals surface area contributed by atoms with Crippen LogP contribution >= 0.6 is 35.0 Å². The molecule has 132 valence electrons. The van der Waals surface area contributed by atoms with Crippen LogP contribution in [0.15, 0.2) is 28.8 Å². The summed E-state index contributed by atoms with van der Waals surface area (Å²) in [5.74, 6) is -1.79. The fraction of sp³-hybridized carbons (Fsp3) is 0.231. The highest BCUT2D eigenvalue weighted by Crippen LogP contribution is 2.42. The van der Waals surface area contributed by atoms with Gasteiger partial charge in [0.25, 0.3) is 0 Å². The van der Waals surface area contributed by atoms with Crippen molar-refractivity contribution in [3.8, 4) is 0 Å². The van der Waals surface area contributed by atoms with Crippen LogP contribution in [-0.2, 0) is 19.1 Å². The van der Waals surface area contributed by atoms with Crippen LogP contribution in [0.4, 0.5) is 18.9 Å². The number of rotatable bonds is 5. The van der Waals surface area contributed by atoms with Crippen molar-refractivity contribution in [2.24, 2.45) is 0 Å². The molecule has 24 heavy (non-hydrogen) atoms. The van der Waals surface area contributed by atoms with Crippen LogP contribution in [0, 0.1) is 0 Å². The van der Waals surface area contributed by atoms with Crippen LogP contribution in [0.25, 0.3) is 0 Å². The molecule has 0 aliphatic rings. The van der Waals surface area contributed by atoms with E-state index in [0.717, 1.165) is 32.4 Å². The maximum absolute atomic E-state index is 12.4. The Labute approximate surface area is 149 Å². The maximum atomic E-state index is 12.4. The number of ether oxygens (including phenoxy) is 2. The second-order valence-corrected chi connectivity index (χ2v) is 5.96. The van der Waals surface area contributed by atoms with Gasteiger partial charge in [-0.05, 0) is 23.9 Å². The fourth-order valence-electron chi connectivity index (χ4n) is 1.43. The normalized spacial score (nSPS) is 11.9. The molecular formula is C13H10Cl2F3NO4S. The zero-order valence-corrected chi connectivity index (χ0v) is 14.5. The van der Waals surface area contributed by atoms with Gasteiger partial charge in [-0.1, -0.05) is 23.2 Å². The third kappa shape index (κ3) is 6.14. The summed E-state index contributed by atoms with van der Waals surface area (Å²) in [6.07, 6.45) is 0.789. The van der Waals surface area contributed by atoms with Crippen LogP contribution < -0.4 is 5.32 Å². The summed E-state index contributed by atoms with van der Waals surface area (Å²) in [5.41, 5.74) is -4.93. The molecule has 0 atom stereocenters. The molecule has 0 radical (unpaired) electrons. The molecule has 0 bridgehead atoms. The maximum Gasteiger partial charge on any atom is 0.446 e. The first-order valence-electron chi connectivity index (χ1n) is 5.97. The third-order valence-corrected chi connectivity index (χ3v) is 3.68. The quantitative estimate of drug-likeness (QED) is 0.450. The molecule has 0 heterocycles. The number of thioether (sulfide) groups is 1. The van der Waals surface area contributed by atoms with Gasteiger partial charge in [0.15, 0.2) is 0 Å². The lowest BCUT2D eigenvalue weighted by molar-refractivity contribution is -0.138. The SMILES string of the molecule is COC(=O)/C=C(/Nc1c(Cl)cc(SC(F)(F)F)cc1Cl)C(=O)OC. The molecule has 1 N–H and O–H groups in total. The van der Waals surface area contributed by atoms with E-state index >= 15 is 0 Å². The molecule has 11 heteroatoms. The van der Waals surface area contributed by atoms with E-state index in [9.17, 15) is 22.8 Å². The molecule has 0 spiro atoms. The number of hydrogen-bond donors (Lipinski definition) is 1. The van der Waals surface area contributed by atoms with Gasteiger partial charge in [-0.2, -0.15) is 13.2 Å². The van der Waals surface area contributed by atoms with Crippen molar-refractivity contribution in [2.75, 3.05) is 19.5 Å². The number of hydrogen-bond acceptors (Lipinski definition) is 6. The molecule has 1 aromatic rings. The first-order chi connectivity index (χ1) is 11.1. The predicted octanol–water partition coefficient (Wildman–Crippen LogP) is 4.25. The highest BCUT2D eigenvalue weighted by molar-refractivity contribution is 8.00. The van der Waals surface area contributed by atoms with E-state index in [2.05, 4.69) is 14.8 Å². The smallest absolute Gasteiger partial charge is 0.446 e. The van der Waals surface area contributed by atoms with Gasteiger partial charge in [0.05, 0.1) is 36.0 Å². The largest absolute Gasteiger partial charge is 0.466 e. The van der Waals surface area contributed by atoms with Crippen LogP contribution in [0.5, 0.6) is 0 Å². The van der Waals surface area contributed by atoms with E-state index in [1.54, 1.807) is 0 Å². The molecule has 0 saturated heterocycles. The third-order valence-electron chi connectivity index (χ3n) is 2.38. The fourth-order valence-corrected chi connectivity index (χ4v) is 2.76. The van der Waals surface area contributed by atoms with Crippen molar-refractivity contribution in [1.82, 2.24) is 0 Å². The Hall–Kier alpha value is -1.58. The van der Waals surface area contributed by atoms with Gasteiger partial charge >= 0.3 is 17.4 Å². The molecule has 1 aromatic carbocycles. The lowest BCUT2D eigenvalue weighted by Crippen LogP contribution is -2.16. The molecule has 0 aromatic heterocycles. The summed E-state index contributed by atoms with van der Waals surface area (Å²) in [6, 6.07) is 2.03. The minimum Gasteiger partial charge on any atom is -0.466 e. The molecule has 0 fully saturated rings. The predicted molar refractivity (Wildman–Crippen MR) is 84.1 cm³/mol. The Morgan fingerprint density at radius 1 is 1.17 bits per heavy atom. The highest BCUT2D eigenvalue weighted by Gasteiger charge is 2.30. The number of benzene rings is 1. The number of esters is 2. The zero-order valence-electron chi connectivity index (χ0n) is 12.2. The van der Waals surface area contributed by atoms with Crippen molar-refractivity contribution < 1.29 is 32.2 Å². The standard InChI is InChI=1S/C13H10Cl2F3NO4S/c1-22-10(20)5-9(12(21)23-2)19-11-7(14)3-6(4-8(11)15)24-13(16,17)18/h3-5,19H,1-2H3/b9-5+. The van der Waals surface area contributed by atoms with Crippen molar-refractivity contribution in [3.63, 3.8) is 0 Å². The van der Waals surface area contributed by atoms with E-state index in [1.807, 2.05) is 0 Å². The summed E-state index contributed by atoms with van der Waals surface area (Å²) >= 11 is 11.4. The number of anilines is 1. The first kappa shape index (κ1) is 20.5. The summed E-state index contributed by atoms with van der Waals surface area (Å²) in [5, 5.41) is 2.08. The van der Waals surface area contributed by atoms with Gasteiger partial charge < -0.3 is 14.8 Å². The molecule has 0 amide bonds. The van der Waals surface area contributed by atoms with E-state index < -0.39 is 29.2 Å². The second kappa shape index (κ2) is 8.50. The van der Waals surface area contributed by atoms with Crippen LogP contribution in [-0.4, -0.2) is 31.7 Å². The molecule has 0 saturated carbocycles. The highest BCUT2D eigenvalue weighted by atomic mass is 35.5. The minimum atomic E-state index is -4.51. The van der Waals surface area contributed by atoms with E-state index in [4.69, 9.17) is 23.2 Å². The van der Waals surface area contributed by atoms with Gasteiger partial charge in [0.1, 0.15) is 5.70 Å². The molecule has 0 aliphatic carbocycles. The van der Waals surface area contributed by atoms with Gasteiger partial charge in [-0.3, -0.25) is 0 Å². The molecule has 0 unspecified atom stereocenters. The first-order valence-corrected chi connectivity index (χ1v) is 7.54. The number of nitrogens with one attached hydrogen (secondary N) is 1. The Morgan fingerprint density at radius 2 is 1.71 bits per heavy atom. The second-order valence-electron chi connectivity index (χ2n) is 4.01. The van der Waals surface area contributed by atoms with Gasteiger partial charge in [0.2, 0.25) is 0 Å². The number of halogens is 5. The van der Waals surface area contributed by atoms with Crippen molar-refractivity contribution in [3.05, 3.63) is 34.0 Å². The number of carbonyl (C=O) groups is 2. The van der Waals surface area contributed by atoms with E-state index in [0.29, 0.717) is 0 Å². The topological polar surface area (TPSA) is 64.6 Å². The van der Waals surface area contributed by atoms with Gasteiger partial charge in [-0.15, -0.1) is 0 Å². The van der Waals surface area contributed by atoms with Gasteiger partial charge in [0, 0.05) is 4.90 Å². The summed E-state index contributed by atoms with van der Waals surface area (Å²) < 4.78 is 46.0. The van der Waals surface area contributed by atoms with E-state index in [1.165, 1.54) is 0 Å². The Morgan fingerprint density at radius 3 is 2.12 bits per heavy atom. The molecule has 1 rings (SSSR count). The molecule has 5 nitrogen and oxygen atoms in total. The summed E-state index contributed by atoms with van der Waals surface area (Å²) in [4.78, 5) is 22.7. The van der Waals surface area contributed by atoms with Crippen molar-refractivity contribution in [1.29, 1.82) is 0 Å². The Balaban J connectivity index is 3.19. The Bertz CT molecular complexity index is 657. The lowest BCUT2D eigenvalue weighted by atomic mass is 10.3. The summed E-state index contributed by atoms with van der Waals surface area (Å²) in [7, 11) is 2.16. The van der Waals surface area contributed by atoms with Gasteiger partial charge in [-0.25, -0.2) is 9.59 Å². The number of methoxy groups -OCH3 is 2. The van der Waals surface area contributed by atoms with Crippen LogP contribution in [0.1, 0.15) is 0 Å². The average Bonchev–Trinajstić information content (AvgIpc) is 2.46. The van der Waals surface area contributed by atoms with Crippen molar-refractivity contribution >= 4 is 52.6 Å². The molecular weight excluding hydrogens is 394 g/mol. The zero-order chi connectivity index (χ0) is 18.5. The van der Waals surface area contributed by atoms with Crippen molar-refractivity contribution in [2.45, 2.75) is 10.4 Å². The van der Waals surface area contributed by atoms with E-state index in [-0.39, 0.29) is 26.3 Å². The number of alkyl halides is 3. The van der Waals surface area contributed by atoms with Crippen LogP contribution in [0.3, 0.4) is 0 Å². The molecule has 0 aliphatic heterocycles. The Kier molecular flexibility index (Phi) is 7.25. The summed E-state index contributed by atoms with van der Waals surface area (Å²) in [6.45, 7) is 0. The monoisotopic (exact) mass is 403 g/mol. The van der Waals surface area contributed by atoms with Crippen LogP contribution in [0.2, 0.25) is 10.0 Å². The number of carbonyl (C=O) groups excluding carboxylic acids is 2. The average molecular weight is 404 g/mol.